The highest BCUT2D eigenvalue weighted by Gasteiger charge is 2.21. The molecule has 0 aromatic rings. The van der Waals surface area contributed by atoms with Crippen molar-refractivity contribution in [2.45, 2.75) is 3.79 Å². The van der Waals surface area contributed by atoms with Crippen LogP contribution in [0.2, 0.25) is 0 Å². The van der Waals surface area contributed by atoms with E-state index in [0.717, 1.165) is 0 Å². The van der Waals surface area contributed by atoms with E-state index in [1.165, 1.54) is 0 Å². The zero-order chi connectivity index (χ0) is 6.08. The first-order valence-corrected chi connectivity index (χ1v) is 2.87. The van der Waals surface area contributed by atoms with Gasteiger partial charge in [-0.3, -0.25) is 0 Å². The molecule has 0 rings (SSSR count). The van der Waals surface area contributed by atoms with Crippen molar-refractivity contribution >= 4 is 46.4 Å². The lowest BCUT2D eigenvalue weighted by Crippen LogP contribution is -1.98. The predicted molar refractivity (Wildman–Crippen MR) is 35.3 cm³/mol. The average Bonchev–Trinajstić information content (AvgIpc) is 1.31. The van der Waals surface area contributed by atoms with Gasteiger partial charge in [-0.15, -0.1) is 0 Å². The fourth-order valence-corrected chi connectivity index (χ4v) is 0. The minimum atomic E-state index is -1.51. The van der Waals surface area contributed by atoms with E-state index in [0.29, 0.717) is 0 Å². The van der Waals surface area contributed by atoms with Gasteiger partial charge in [0, 0.05) is 0 Å². The minimum absolute atomic E-state index is 0.0116. The van der Waals surface area contributed by atoms with E-state index in [4.69, 9.17) is 46.4 Å². The van der Waals surface area contributed by atoms with E-state index < -0.39 is 3.79 Å². The van der Waals surface area contributed by atoms with Gasteiger partial charge in [-0.2, -0.15) is 0 Å². The minimum Gasteiger partial charge on any atom is -0.0851 e. The van der Waals surface area contributed by atoms with Gasteiger partial charge in [0.1, 0.15) is 0 Å². The first kappa shape index (κ1) is 7.90. The van der Waals surface area contributed by atoms with Crippen LogP contribution in [0.25, 0.3) is 0 Å². The maximum absolute atomic E-state index is 5.17. The number of hydrogen-bond donors (Lipinski definition) is 0. The molecule has 0 saturated heterocycles. The summed E-state index contributed by atoms with van der Waals surface area (Å²) in [6.45, 7) is 3.20. The van der Waals surface area contributed by atoms with E-state index in [1.807, 2.05) is 0 Å². The summed E-state index contributed by atoms with van der Waals surface area (Å²) in [6.07, 6.45) is 0. The van der Waals surface area contributed by atoms with Crippen LogP contribution in [0.3, 0.4) is 0 Å². The van der Waals surface area contributed by atoms with Crippen LogP contribution in [-0.4, -0.2) is 3.79 Å². The zero-order valence-corrected chi connectivity index (χ0v) is 6.24. The first-order valence-electron chi connectivity index (χ1n) is 1.36. The summed E-state index contributed by atoms with van der Waals surface area (Å²) in [5, 5.41) is 0.0116. The van der Waals surface area contributed by atoms with E-state index in [2.05, 4.69) is 6.58 Å². The summed E-state index contributed by atoms with van der Waals surface area (Å²) in [7, 11) is 0. The molecule has 0 amide bonds. The van der Waals surface area contributed by atoms with Crippen LogP contribution in [-0.2, 0) is 0 Å². The molecule has 0 heterocycles. The van der Waals surface area contributed by atoms with E-state index in [1.54, 1.807) is 0 Å². The van der Waals surface area contributed by atoms with Gasteiger partial charge in [-0.25, -0.2) is 0 Å². The van der Waals surface area contributed by atoms with Gasteiger partial charge in [-0.05, 0) is 0 Å². The van der Waals surface area contributed by atoms with Gasteiger partial charge in [0.05, 0.1) is 5.03 Å². The third kappa shape index (κ3) is 3.48. The molecule has 4 heteroatoms. The van der Waals surface area contributed by atoms with Crippen molar-refractivity contribution in [1.29, 1.82) is 0 Å². The molecule has 0 spiro atoms. The third-order valence-electron chi connectivity index (χ3n) is 0.308. The topological polar surface area (TPSA) is 0 Å². The van der Waals surface area contributed by atoms with Gasteiger partial charge < -0.3 is 0 Å². The first-order chi connectivity index (χ1) is 2.94. The van der Waals surface area contributed by atoms with Gasteiger partial charge in [0.15, 0.2) is 0 Å². The largest absolute Gasteiger partial charge is 0.225 e. The molecule has 0 aliphatic heterocycles. The lowest BCUT2D eigenvalue weighted by atomic mass is 10.7. The molecule has 7 heavy (non-hydrogen) atoms. The van der Waals surface area contributed by atoms with Gasteiger partial charge in [-0.1, -0.05) is 53.0 Å². The lowest BCUT2D eigenvalue weighted by Gasteiger charge is -2.04. The molecule has 0 aromatic carbocycles. The van der Waals surface area contributed by atoms with Crippen molar-refractivity contribution < 1.29 is 0 Å². The fourth-order valence-electron chi connectivity index (χ4n) is 0. The summed E-state index contributed by atoms with van der Waals surface area (Å²) in [5.41, 5.74) is 0. The molecule has 0 fully saturated rings. The van der Waals surface area contributed by atoms with Crippen molar-refractivity contribution in [3.8, 4) is 0 Å². The highest BCUT2D eigenvalue weighted by molar-refractivity contribution is 6.72. The van der Waals surface area contributed by atoms with Gasteiger partial charge in [0.2, 0.25) is 3.79 Å². The Labute approximate surface area is 62.0 Å². The number of allylic oxidation sites excluding steroid dienone is 1. The number of alkyl halides is 3. The lowest BCUT2D eigenvalue weighted by molar-refractivity contribution is 1.43. The Morgan fingerprint density at radius 3 is 1.43 bits per heavy atom. The van der Waals surface area contributed by atoms with E-state index in [-0.39, 0.29) is 5.03 Å². The van der Waals surface area contributed by atoms with Crippen LogP contribution in [0.15, 0.2) is 11.6 Å². The maximum Gasteiger partial charge on any atom is 0.225 e. The molecular formula is C3H2Cl4. The van der Waals surface area contributed by atoms with E-state index in [9.17, 15) is 0 Å². The average molecular weight is 180 g/mol. The highest BCUT2D eigenvalue weighted by atomic mass is 35.6. The van der Waals surface area contributed by atoms with E-state index >= 15 is 0 Å². The Balaban J connectivity index is 3.79. The van der Waals surface area contributed by atoms with Crippen LogP contribution >= 0.6 is 46.4 Å². The van der Waals surface area contributed by atoms with Crippen molar-refractivity contribution in [3.05, 3.63) is 11.6 Å². The number of hydrogen-bond acceptors (Lipinski definition) is 0. The Morgan fingerprint density at radius 1 is 1.29 bits per heavy atom. The second-order valence-corrected chi connectivity index (χ2v) is 3.64. The second kappa shape index (κ2) is 2.45. The SMILES string of the molecule is C=C(Cl)C(Cl)(Cl)Cl. The maximum atomic E-state index is 5.17. The molecular weight excluding hydrogens is 178 g/mol. The molecule has 0 N–H and O–H groups in total. The molecule has 0 saturated carbocycles. The Morgan fingerprint density at radius 2 is 1.43 bits per heavy atom. The Bertz CT molecular complexity index is 79.4. The Hall–Kier alpha value is 0.900. The summed E-state index contributed by atoms with van der Waals surface area (Å²) in [6, 6.07) is 0. The summed E-state index contributed by atoms with van der Waals surface area (Å²) >= 11 is 20.7. The third-order valence-corrected chi connectivity index (χ3v) is 1.57. The predicted octanol–water partition coefficient (Wildman–Crippen LogP) is 3.11. The summed E-state index contributed by atoms with van der Waals surface area (Å²) < 4.78 is -1.51. The Kier molecular flexibility index (Phi) is 2.77. The molecule has 0 radical (unpaired) electrons. The highest BCUT2D eigenvalue weighted by Crippen LogP contribution is 2.35. The summed E-state index contributed by atoms with van der Waals surface area (Å²) in [5.74, 6) is 0. The van der Waals surface area contributed by atoms with Crippen LogP contribution in [0.1, 0.15) is 0 Å². The van der Waals surface area contributed by atoms with Crippen LogP contribution < -0.4 is 0 Å². The van der Waals surface area contributed by atoms with Crippen LogP contribution in [0.4, 0.5) is 0 Å². The van der Waals surface area contributed by atoms with Crippen LogP contribution in [0.5, 0.6) is 0 Å². The van der Waals surface area contributed by atoms with Crippen molar-refractivity contribution in [2.24, 2.45) is 0 Å². The van der Waals surface area contributed by atoms with Crippen LogP contribution in [0, 0.1) is 0 Å². The quantitative estimate of drug-likeness (QED) is 0.502. The molecule has 0 aliphatic rings. The molecule has 0 unspecified atom stereocenters. The molecule has 0 bridgehead atoms. The van der Waals surface area contributed by atoms with Crippen molar-refractivity contribution in [3.63, 3.8) is 0 Å². The molecule has 0 nitrogen and oxygen atoms in total. The van der Waals surface area contributed by atoms with Crippen molar-refractivity contribution in [1.82, 2.24) is 0 Å². The molecule has 0 aromatic heterocycles. The van der Waals surface area contributed by atoms with Gasteiger partial charge >= 0.3 is 0 Å². The number of rotatable bonds is 0. The normalized spacial score (nSPS) is 11.4. The number of halogens is 4. The molecule has 42 valence electrons. The van der Waals surface area contributed by atoms with Crippen molar-refractivity contribution in [2.75, 3.05) is 0 Å². The smallest absolute Gasteiger partial charge is 0.0851 e. The standard InChI is InChI=1S/C3H2Cl4/c1-2(4)3(5,6)7/h1H2. The monoisotopic (exact) mass is 178 g/mol. The second-order valence-electron chi connectivity index (χ2n) is 0.903. The molecule has 0 aliphatic carbocycles. The fraction of sp³-hybridized carbons (Fsp3) is 0.333. The van der Waals surface area contributed by atoms with Gasteiger partial charge in [0.25, 0.3) is 0 Å². The molecule has 0 atom stereocenters. The zero-order valence-electron chi connectivity index (χ0n) is 3.22. The summed E-state index contributed by atoms with van der Waals surface area (Å²) in [4.78, 5) is 0.